The maximum atomic E-state index is 11.5. The third kappa shape index (κ3) is 3.85. The van der Waals surface area contributed by atoms with Crippen molar-refractivity contribution in [1.82, 2.24) is 0 Å². The van der Waals surface area contributed by atoms with E-state index in [1.165, 1.54) is 12.5 Å². The van der Waals surface area contributed by atoms with Crippen molar-refractivity contribution < 1.29 is 14.3 Å². The molecule has 0 aliphatic heterocycles. The molecule has 0 bridgehead atoms. The van der Waals surface area contributed by atoms with E-state index in [4.69, 9.17) is 9.47 Å². The molecule has 0 atom stereocenters. The predicted octanol–water partition coefficient (Wildman–Crippen LogP) is 4.04. The van der Waals surface area contributed by atoms with E-state index < -0.39 is 0 Å². The molecule has 21 heavy (non-hydrogen) atoms. The van der Waals surface area contributed by atoms with Gasteiger partial charge in [0.15, 0.2) is 5.78 Å². The highest BCUT2D eigenvalue weighted by Crippen LogP contribution is 2.25. The Kier molecular flexibility index (Phi) is 4.99. The fourth-order valence-electron chi connectivity index (χ4n) is 2.16. The Labute approximate surface area is 125 Å². The second kappa shape index (κ2) is 6.93. The lowest BCUT2D eigenvalue weighted by Gasteiger charge is -2.11. The monoisotopic (exact) mass is 284 g/mol. The van der Waals surface area contributed by atoms with Crippen LogP contribution in [0.2, 0.25) is 0 Å². The lowest BCUT2D eigenvalue weighted by atomic mass is 10.1. The molecule has 3 nitrogen and oxygen atoms in total. The van der Waals surface area contributed by atoms with Crippen LogP contribution >= 0.6 is 0 Å². The van der Waals surface area contributed by atoms with Crippen LogP contribution in [0.3, 0.4) is 0 Å². The first-order valence-electron chi connectivity index (χ1n) is 7.03. The standard InChI is InChI=1S/C18H20O3/c1-4-14-6-5-7-15(10-14)12-21-16-8-9-17(13(2)19)18(11-16)20-3/h5-11H,4,12H2,1-3H3. The Bertz CT molecular complexity index is 632. The number of ketones is 1. The number of Topliss-reactive ketones (excluding diaryl/α,β-unsaturated/α-hetero) is 1. The maximum absolute atomic E-state index is 11.5. The molecule has 0 spiro atoms. The van der Waals surface area contributed by atoms with Crippen LogP contribution in [0.4, 0.5) is 0 Å². The molecule has 2 rings (SSSR count). The number of carbonyl (C=O) groups excluding carboxylic acids is 1. The van der Waals surface area contributed by atoms with Crippen LogP contribution in [-0.2, 0) is 13.0 Å². The molecule has 0 aliphatic carbocycles. The average molecular weight is 284 g/mol. The van der Waals surface area contributed by atoms with Gasteiger partial charge in [-0.1, -0.05) is 31.2 Å². The van der Waals surface area contributed by atoms with E-state index in [2.05, 4.69) is 19.1 Å². The van der Waals surface area contributed by atoms with Crippen molar-refractivity contribution in [1.29, 1.82) is 0 Å². The number of benzene rings is 2. The molecule has 110 valence electrons. The molecular formula is C18H20O3. The van der Waals surface area contributed by atoms with Crippen molar-refractivity contribution >= 4 is 5.78 Å². The van der Waals surface area contributed by atoms with Crippen LogP contribution in [0.15, 0.2) is 42.5 Å². The van der Waals surface area contributed by atoms with Crippen LogP contribution in [0, 0.1) is 0 Å². The van der Waals surface area contributed by atoms with Gasteiger partial charge < -0.3 is 9.47 Å². The first-order valence-corrected chi connectivity index (χ1v) is 7.03. The smallest absolute Gasteiger partial charge is 0.163 e. The number of hydrogen-bond acceptors (Lipinski definition) is 3. The minimum absolute atomic E-state index is 0.0194. The SMILES string of the molecule is CCc1cccc(COc2ccc(C(C)=O)c(OC)c2)c1. The van der Waals surface area contributed by atoms with Gasteiger partial charge in [-0.15, -0.1) is 0 Å². The lowest BCUT2D eigenvalue weighted by molar-refractivity contribution is 0.101. The van der Waals surface area contributed by atoms with Gasteiger partial charge in [-0.05, 0) is 36.6 Å². The van der Waals surface area contributed by atoms with E-state index in [-0.39, 0.29) is 5.78 Å². The van der Waals surface area contributed by atoms with E-state index in [1.54, 1.807) is 25.3 Å². The molecule has 0 unspecified atom stereocenters. The molecule has 0 saturated carbocycles. The van der Waals surface area contributed by atoms with Gasteiger partial charge in [0.25, 0.3) is 0 Å². The van der Waals surface area contributed by atoms with Gasteiger partial charge in [0.2, 0.25) is 0 Å². The third-order valence-electron chi connectivity index (χ3n) is 3.36. The summed E-state index contributed by atoms with van der Waals surface area (Å²) in [6.45, 7) is 4.15. The fraction of sp³-hybridized carbons (Fsp3) is 0.278. The Balaban J connectivity index is 2.11. The molecule has 2 aromatic carbocycles. The molecule has 0 aliphatic rings. The molecule has 0 saturated heterocycles. The minimum atomic E-state index is -0.0194. The summed E-state index contributed by atoms with van der Waals surface area (Å²) in [5.74, 6) is 1.22. The molecule has 2 aromatic rings. The largest absolute Gasteiger partial charge is 0.496 e. The Hall–Kier alpha value is -2.29. The van der Waals surface area contributed by atoms with E-state index in [0.29, 0.717) is 23.7 Å². The van der Waals surface area contributed by atoms with Crippen molar-refractivity contribution in [3.8, 4) is 11.5 Å². The van der Waals surface area contributed by atoms with E-state index in [0.717, 1.165) is 12.0 Å². The normalized spacial score (nSPS) is 10.2. The van der Waals surface area contributed by atoms with Gasteiger partial charge in [-0.25, -0.2) is 0 Å². The van der Waals surface area contributed by atoms with E-state index in [1.807, 2.05) is 12.1 Å². The number of hydrogen-bond donors (Lipinski definition) is 0. The molecule has 0 amide bonds. The maximum Gasteiger partial charge on any atom is 0.163 e. The minimum Gasteiger partial charge on any atom is -0.496 e. The zero-order valence-corrected chi connectivity index (χ0v) is 12.7. The highest BCUT2D eigenvalue weighted by molar-refractivity contribution is 5.97. The lowest BCUT2D eigenvalue weighted by Crippen LogP contribution is -2.00. The summed E-state index contributed by atoms with van der Waals surface area (Å²) in [4.78, 5) is 11.5. The highest BCUT2D eigenvalue weighted by Gasteiger charge is 2.09. The van der Waals surface area contributed by atoms with E-state index >= 15 is 0 Å². The van der Waals surface area contributed by atoms with Gasteiger partial charge in [-0.2, -0.15) is 0 Å². The quantitative estimate of drug-likeness (QED) is 0.751. The fourth-order valence-corrected chi connectivity index (χ4v) is 2.16. The van der Waals surface area contributed by atoms with Gasteiger partial charge in [-0.3, -0.25) is 4.79 Å². The van der Waals surface area contributed by atoms with Crippen LogP contribution in [0.25, 0.3) is 0 Å². The summed E-state index contributed by atoms with van der Waals surface area (Å²) in [7, 11) is 1.55. The van der Waals surface area contributed by atoms with Crippen molar-refractivity contribution in [3.63, 3.8) is 0 Å². The number of carbonyl (C=O) groups is 1. The predicted molar refractivity (Wildman–Crippen MR) is 83.2 cm³/mol. The number of aryl methyl sites for hydroxylation is 1. The molecule has 0 N–H and O–H groups in total. The van der Waals surface area contributed by atoms with E-state index in [9.17, 15) is 4.79 Å². The second-order valence-electron chi connectivity index (χ2n) is 4.88. The summed E-state index contributed by atoms with van der Waals surface area (Å²) >= 11 is 0. The van der Waals surface area contributed by atoms with Gasteiger partial charge in [0, 0.05) is 6.07 Å². The van der Waals surface area contributed by atoms with Gasteiger partial charge in [0.1, 0.15) is 18.1 Å². The molecule has 0 radical (unpaired) electrons. The van der Waals surface area contributed by atoms with Crippen molar-refractivity contribution in [2.45, 2.75) is 26.9 Å². The summed E-state index contributed by atoms with van der Waals surface area (Å²) in [6.07, 6.45) is 1.01. The number of rotatable bonds is 6. The molecule has 0 fully saturated rings. The van der Waals surface area contributed by atoms with Gasteiger partial charge in [0.05, 0.1) is 12.7 Å². The average Bonchev–Trinajstić information content (AvgIpc) is 2.52. The molecule has 0 heterocycles. The molecular weight excluding hydrogens is 264 g/mol. The first-order chi connectivity index (χ1) is 10.1. The zero-order valence-electron chi connectivity index (χ0n) is 12.7. The van der Waals surface area contributed by atoms with Gasteiger partial charge >= 0.3 is 0 Å². The van der Waals surface area contributed by atoms with Crippen molar-refractivity contribution in [2.24, 2.45) is 0 Å². The van der Waals surface area contributed by atoms with Crippen LogP contribution in [0.1, 0.15) is 35.3 Å². The molecule has 0 aromatic heterocycles. The summed E-state index contributed by atoms with van der Waals surface area (Å²) in [5.41, 5.74) is 2.99. The first kappa shape index (κ1) is 15.1. The highest BCUT2D eigenvalue weighted by atomic mass is 16.5. The Morgan fingerprint density at radius 1 is 1.10 bits per heavy atom. The number of ether oxygens (including phenoxy) is 2. The van der Waals surface area contributed by atoms with Crippen LogP contribution in [-0.4, -0.2) is 12.9 Å². The van der Waals surface area contributed by atoms with Crippen LogP contribution in [0.5, 0.6) is 11.5 Å². The second-order valence-corrected chi connectivity index (χ2v) is 4.88. The van der Waals surface area contributed by atoms with Crippen molar-refractivity contribution in [2.75, 3.05) is 7.11 Å². The third-order valence-corrected chi connectivity index (χ3v) is 3.36. The summed E-state index contributed by atoms with van der Waals surface area (Å²) in [6, 6.07) is 13.6. The molecule has 3 heteroatoms. The summed E-state index contributed by atoms with van der Waals surface area (Å²) < 4.78 is 11.0. The summed E-state index contributed by atoms with van der Waals surface area (Å²) in [5, 5.41) is 0. The zero-order chi connectivity index (χ0) is 15.2. The topological polar surface area (TPSA) is 35.5 Å². The number of methoxy groups -OCH3 is 1. The van der Waals surface area contributed by atoms with Crippen molar-refractivity contribution in [3.05, 3.63) is 59.2 Å². The van der Waals surface area contributed by atoms with Crippen LogP contribution < -0.4 is 9.47 Å². The Morgan fingerprint density at radius 3 is 2.52 bits per heavy atom. The Morgan fingerprint density at radius 2 is 1.86 bits per heavy atom.